The van der Waals surface area contributed by atoms with Gasteiger partial charge in [0, 0.05) is 41.9 Å². The Morgan fingerprint density at radius 3 is 2.75 bits per heavy atom. The molecule has 142 valence electrons. The minimum absolute atomic E-state index is 0.0927. The summed E-state index contributed by atoms with van der Waals surface area (Å²) < 4.78 is 39.8. The summed E-state index contributed by atoms with van der Waals surface area (Å²) in [5, 5.41) is 4.84. The topological polar surface area (TPSA) is 74.8 Å². The van der Waals surface area contributed by atoms with Crippen molar-refractivity contribution in [3.8, 4) is 11.1 Å². The standard InChI is InChI=1S/C18H12F3N5O2/c19-18(20,21)17(27)28-26-7-4-15-14(3-6-23-16(15)26)13-9-24-25(11-13)10-12-2-1-5-22-8-12/h1-9,11H,10H2. The van der Waals surface area contributed by atoms with Crippen LogP contribution in [0.3, 0.4) is 0 Å². The van der Waals surface area contributed by atoms with Gasteiger partial charge in [0.05, 0.1) is 12.7 Å². The van der Waals surface area contributed by atoms with Crippen LogP contribution in [0.5, 0.6) is 0 Å². The van der Waals surface area contributed by atoms with Crippen LogP contribution in [-0.4, -0.2) is 36.6 Å². The van der Waals surface area contributed by atoms with Gasteiger partial charge in [-0.25, -0.2) is 9.78 Å². The second-order valence-electron chi connectivity index (χ2n) is 5.90. The zero-order chi connectivity index (χ0) is 19.7. The molecule has 0 radical (unpaired) electrons. The summed E-state index contributed by atoms with van der Waals surface area (Å²) in [5.41, 5.74) is 2.51. The molecule has 4 heterocycles. The Kier molecular flexibility index (Phi) is 4.30. The van der Waals surface area contributed by atoms with Gasteiger partial charge in [0.1, 0.15) is 0 Å². The van der Waals surface area contributed by atoms with Crippen LogP contribution in [0, 0.1) is 0 Å². The van der Waals surface area contributed by atoms with Crippen molar-refractivity contribution in [1.82, 2.24) is 24.5 Å². The number of hydrogen-bond donors (Lipinski definition) is 0. The molecule has 0 fully saturated rings. The van der Waals surface area contributed by atoms with Crippen molar-refractivity contribution in [1.29, 1.82) is 0 Å². The van der Waals surface area contributed by atoms with Crippen LogP contribution in [0.1, 0.15) is 5.56 Å². The third-order valence-corrected chi connectivity index (χ3v) is 3.98. The fourth-order valence-electron chi connectivity index (χ4n) is 2.75. The van der Waals surface area contributed by atoms with Gasteiger partial charge in [0.15, 0.2) is 5.65 Å². The van der Waals surface area contributed by atoms with E-state index in [0.29, 0.717) is 22.2 Å². The fraction of sp³-hybridized carbons (Fsp3) is 0.111. The Morgan fingerprint density at radius 1 is 1.14 bits per heavy atom. The molecule has 0 bridgehead atoms. The van der Waals surface area contributed by atoms with Crippen LogP contribution in [0.25, 0.3) is 22.2 Å². The molecule has 0 aliphatic heterocycles. The smallest absolute Gasteiger partial charge is 0.326 e. The molecule has 0 amide bonds. The van der Waals surface area contributed by atoms with Crippen LogP contribution in [0.2, 0.25) is 0 Å². The summed E-state index contributed by atoms with van der Waals surface area (Å²) in [5.74, 6) is -2.32. The molecule has 0 atom stereocenters. The maximum absolute atomic E-state index is 12.4. The Bertz CT molecular complexity index is 1140. The third-order valence-electron chi connectivity index (χ3n) is 3.98. The maximum Gasteiger partial charge on any atom is 0.493 e. The first-order valence-corrected chi connectivity index (χ1v) is 8.09. The van der Waals surface area contributed by atoms with E-state index in [1.807, 2.05) is 12.1 Å². The first-order valence-electron chi connectivity index (χ1n) is 8.09. The fourth-order valence-corrected chi connectivity index (χ4v) is 2.75. The average molecular weight is 387 g/mol. The van der Waals surface area contributed by atoms with E-state index in [2.05, 4.69) is 19.9 Å². The molecular formula is C18H12F3N5O2. The number of carbonyl (C=O) groups excluding carboxylic acids is 1. The Morgan fingerprint density at radius 2 is 2.00 bits per heavy atom. The molecular weight excluding hydrogens is 375 g/mol. The zero-order valence-electron chi connectivity index (χ0n) is 14.2. The maximum atomic E-state index is 12.4. The molecule has 28 heavy (non-hydrogen) atoms. The molecule has 0 aromatic carbocycles. The number of hydrogen-bond acceptors (Lipinski definition) is 5. The van der Waals surface area contributed by atoms with Gasteiger partial charge in [-0.1, -0.05) is 6.07 Å². The molecule has 0 N–H and O–H groups in total. The van der Waals surface area contributed by atoms with Crippen molar-refractivity contribution < 1.29 is 22.8 Å². The molecule has 4 aromatic rings. The van der Waals surface area contributed by atoms with Gasteiger partial charge < -0.3 is 4.84 Å². The monoisotopic (exact) mass is 387 g/mol. The average Bonchev–Trinajstić information content (AvgIpc) is 3.29. The highest BCUT2D eigenvalue weighted by molar-refractivity contribution is 5.93. The first-order chi connectivity index (χ1) is 13.4. The van der Waals surface area contributed by atoms with E-state index in [0.717, 1.165) is 11.1 Å². The van der Waals surface area contributed by atoms with Gasteiger partial charge in [-0.3, -0.25) is 9.67 Å². The van der Waals surface area contributed by atoms with Gasteiger partial charge in [0.25, 0.3) is 0 Å². The summed E-state index contributed by atoms with van der Waals surface area (Å²) in [6.07, 6.45) is 4.41. The van der Waals surface area contributed by atoms with Crippen LogP contribution in [0.15, 0.2) is 61.4 Å². The molecule has 0 aliphatic carbocycles. The highest BCUT2D eigenvalue weighted by Gasteiger charge is 2.42. The minimum atomic E-state index is -5.10. The molecule has 0 saturated carbocycles. The predicted octanol–water partition coefficient (Wildman–Crippen LogP) is 2.86. The summed E-state index contributed by atoms with van der Waals surface area (Å²) >= 11 is 0. The number of alkyl halides is 3. The number of carbonyl (C=O) groups is 1. The van der Waals surface area contributed by atoms with Gasteiger partial charge >= 0.3 is 12.1 Å². The van der Waals surface area contributed by atoms with Crippen LogP contribution in [0.4, 0.5) is 13.2 Å². The second kappa shape index (κ2) is 6.80. The lowest BCUT2D eigenvalue weighted by atomic mass is 10.1. The van der Waals surface area contributed by atoms with Gasteiger partial charge in [0.2, 0.25) is 0 Å². The SMILES string of the molecule is O=C(On1ccc2c(-c3cnn(Cc4cccnc4)c3)ccnc21)C(F)(F)F. The lowest BCUT2D eigenvalue weighted by Crippen LogP contribution is -2.33. The highest BCUT2D eigenvalue weighted by Crippen LogP contribution is 2.28. The van der Waals surface area contributed by atoms with E-state index in [9.17, 15) is 18.0 Å². The van der Waals surface area contributed by atoms with Crippen molar-refractivity contribution in [3.05, 3.63) is 67.0 Å². The van der Waals surface area contributed by atoms with E-state index in [4.69, 9.17) is 0 Å². The quantitative estimate of drug-likeness (QED) is 0.538. The van der Waals surface area contributed by atoms with E-state index in [1.165, 1.54) is 18.5 Å². The van der Waals surface area contributed by atoms with E-state index in [1.54, 1.807) is 35.5 Å². The number of pyridine rings is 2. The third kappa shape index (κ3) is 3.43. The lowest BCUT2D eigenvalue weighted by molar-refractivity contribution is -0.199. The number of nitrogens with zero attached hydrogens (tertiary/aromatic N) is 5. The molecule has 4 rings (SSSR count). The minimum Gasteiger partial charge on any atom is -0.326 e. The number of fused-ring (bicyclic) bond motifs is 1. The molecule has 0 spiro atoms. The highest BCUT2D eigenvalue weighted by atomic mass is 19.4. The molecule has 4 aromatic heterocycles. The van der Waals surface area contributed by atoms with Gasteiger partial charge in [-0.2, -0.15) is 23.0 Å². The largest absolute Gasteiger partial charge is 0.493 e. The summed E-state index contributed by atoms with van der Waals surface area (Å²) in [6, 6.07) is 6.99. The van der Waals surface area contributed by atoms with Crippen molar-refractivity contribution in [3.63, 3.8) is 0 Å². The Balaban J connectivity index is 1.64. The van der Waals surface area contributed by atoms with Crippen molar-refractivity contribution in [2.75, 3.05) is 0 Å². The van der Waals surface area contributed by atoms with Crippen molar-refractivity contribution in [2.24, 2.45) is 0 Å². The van der Waals surface area contributed by atoms with Gasteiger partial charge in [-0.05, 0) is 29.3 Å². The first kappa shape index (κ1) is 17.7. The number of halogens is 3. The summed E-state index contributed by atoms with van der Waals surface area (Å²) in [6.45, 7) is 0.520. The Hall–Kier alpha value is -3.69. The normalized spacial score (nSPS) is 11.7. The lowest BCUT2D eigenvalue weighted by Gasteiger charge is -2.08. The van der Waals surface area contributed by atoms with Gasteiger partial charge in [-0.15, -0.1) is 0 Å². The molecule has 7 nitrogen and oxygen atoms in total. The van der Waals surface area contributed by atoms with Crippen LogP contribution >= 0.6 is 0 Å². The summed E-state index contributed by atoms with van der Waals surface area (Å²) in [4.78, 5) is 23.5. The van der Waals surface area contributed by atoms with Crippen molar-refractivity contribution >= 4 is 17.0 Å². The molecule has 0 unspecified atom stereocenters. The second-order valence-corrected chi connectivity index (χ2v) is 5.90. The predicted molar refractivity (Wildman–Crippen MR) is 91.9 cm³/mol. The summed E-state index contributed by atoms with van der Waals surface area (Å²) in [7, 11) is 0. The van der Waals surface area contributed by atoms with E-state index < -0.39 is 12.1 Å². The van der Waals surface area contributed by atoms with E-state index in [-0.39, 0.29) is 5.65 Å². The molecule has 0 aliphatic rings. The van der Waals surface area contributed by atoms with Crippen molar-refractivity contribution in [2.45, 2.75) is 12.7 Å². The number of aromatic nitrogens is 5. The zero-order valence-corrected chi connectivity index (χ0v) is 14.2. The Labute approximate surface area is 156 Å². The van der Waals surface area contributed by atoms with Crippen LogP contribution in [-0.2, 0) is 11.3 Å². The molecule has 10 heteroatoms. The van der Waals surface area contributed by atoms with E-state index >= 15 is 0 Å². The molecule has 0 saturated heterocycles. The van der Waals surface area contributed by atoms with Crippen LogP contribution < -0.4 is 4.84 Å². The number of rotatable bonds is 4.